The molecule has 2 aromatic heterocycles. The number of nitrogens with one attached hydrogen (secondary N) is 1. The minimum Gasteiger partial charge on any atom is -0.477 e. The van der Waals surface area contributed by atoms with Crippen molar-refractivity contribution < 1.29 is 9.90 Å². The van der Waals surface area contributed by atoms with Crippen molar-refractivity contribution in [3.8, 4) is 11.1 Å². The molecule has 3 heterocycles. The summed E-state index contributed by atoms with van der Waals surface area (Å²) in [4.78, 5) is 32.1. The van der Waals surface area contributed by atoms with Gasteiger partial charge < -0.3 is 19.9 Å². The summed E-state index contributed by atoms with van der Waals surface area (Å²) in [5, 5.41) is 13.7. The highest BCUT2D eigenvalue weighted by Crippen LogP contribution is 2.30. The molecule has 1 saturated heterocycles. The molecule has 4 aromatic rings. The third-order valence-corrected chi connectivity index (χ3v) is 6.82. The Kier molecular flexibility index (Phi) is 5.46. The van der Waals surface area contributed by atoms with Crippen LogP contribution in [0.15, 0.2) is 65.6 Å². The number of anilines is 1. The molecule has 0 radical (unpaired) electrons. The number of thiazole rings is 1. The SMILES string of the molecule is O=C(O)c1cn(Cc2ccccc2-c2ccccc2)c2sc(N3CCNCC3)nc2c1=O. The monoisotopic (exact) mass is 446 g/mol. The van der Waals surface area contributed by atoms with E-state index in [0.717, 1.165) is 48.0 Å². The average Bonchev–Trinajstić information content (AvgIpc) is 3.29. The Labute approximate surface area is 188 Å². The van der Waals surface area contributed by atoms with Crippen LogP contribution in [0.25, 0.3) is 21.5 Å². The zero-order valence-corrected chi connectivity index (χ0v) is 18.1. The molecule has 0 unspecified atom stereocenters. The van der Waals surface area contributed by atoms with E-state index in [1.165, 1.54) is 17.5 Å². The summed E-state index contributed by atoms with van der Waals surface area (Å²) in [6, 6.07) is 18.1. The van der Waals surface area contributed by atoms with Gasteiger partial charge in [-0.2, -0.15) is 0 Å². The highest BCUT2D eigenvalue weighted by atomic mass is 32.1. The number of aromatic nitrogens is 2. The second-order valence-corrected chi connectivity index (χ2v) is 8.67. The van der Waals surface area contributed by atoms with E-state index in [1.807, 2.05) is 41.0 Å². The van der Waals surface area contributed by atoms with Gasteiger partial charge >= 0.3 is 5.97 Å². The number of pyridine rings is 1. The van der Waals surface area contributed by atoms with E-state index in [9.17, 15) is 14.7 Å². The van der Waals surface area contributed by atoms with Gasteiger partial charge in [0.05, 0.1) is 0 Å². The molecule has 8 heteroatoms. The predicted molar refractivity (Wildman–Crippen MR) is 127 cm³/mol. The van der Waals surface area contributed by atoms with Crippen LogP contribution in [0, 0.1) is 0 Å². The van der Waals surface area contributed by atoms with Crippen LogP contribution >= 0.6 is 11.3 Å². The maximum absolute atomic E-state index is 12.9. The van der Waals surface area contributed by atoms with Crippen molar-refractivity contribution in [2.75, 3.05) is 31.1 Å². The molecule has 0 amide bonds. The van der Waals surface area contributed by atoms with Crippen LogP contribution in [0.2, 0.25) is 0 Å². The van der Waals surface area contributed by atoms with E-state index in [1.54, 1.807) is 0 Å². The Morgan fingerprint density at radius 1 is 1.06 bits per heavy atom. The van der Waals surface area contributed by atoms with Crippen molar-refractivity contribution in [3.05, 3.63) is 82.1 Å². The van der Waals surface area contributed by atoms with Crippen LogP contribution in [-0.4, -0.2) is 46.8 Å². The number of fused-ring (bicyclic) bond motifs is 1. The molecule has 2 aromatic carbocycles. The topological polar surface area (TPSA) is 87.5 Å². The van der Waals surface area contributed by atoms with Crippen molar-refractivity contribution in [3.63, 3.8) is 0 Å². The Morgan fingerprint density at radius 2 is 1.78 bits per heavy atom. The molecule has 32 heavy (non-hydrogen) atoms. The molecule has 0 saturated carbocycles. The average molecular weight is 447 g/mol. The van der Waals surface area contributed by atoms with E-state index in [2.05, 4.69) is 33.4 Å². The number of benzene rings is 2. The van der Waals surface area contributed by atoms with Crippen LogP contribution in [0.3, 0.4) is 0 Å². The summed E-state index contributed by atoms with van der Waals surface area (Å²) < 4.78 is 1.85. The van der Waals surface area contributed by atoms with Gasteiger partial charge in [-0.05, 0) is 16.7 Å². The van der Waals surface area contributed by atoms with E-state index in [4.69, 9.17) is 0 Å². The summed E-state index contributed by atoms with van der Waals surface area (Å²) in [6.07, 6.45) is 1.45. The maximum atomic E-state index is 12.9. The zero-order chi connectivity index (χ0) is 22.1. The Balaban J connectivity index is 1.64. The number of aromatic carboxylic acids is 1. The van der Waals surface area contributed by atoms with Gasteiger partial charge in [-0.25, -0.2) is 9.78 Å². The van der Waals surface area contributed by atoms with Crippen molar-refractivity contribution >= 4 is 32.8 Å². The minimum absolute atomic E-state index is 0.223. The summed E-state index contributed by atoms with van der Waals surface area (Å²) in [5.41, 5.74) is 2.63. The first kappa shape index (κ1) is 20.4. The van der Waals surface area contributed by atoms with E-state index in [-0.39, 0.29) is 11.1 Å². The van der Waals surface area contributed by atoms with Crippen LogP contribution in [0.1, 0.15) is 15.9 Å². The molecule has 162 valence electrons. The molecule has 1 fully saturated rings. The normalized spacial score (nSPS) is 14.1. The van der Waals surface area contributed by atoms with Crippen molar-refractivity contribution in [2.24, 2.45) is 0 Å². The molecule has 1 aliphatic heterocycles. The second kappa shape index (κ2) is 8.57. The van der Waals surface area contributed by atoms with Gasteiger partial charge in [0.2, 0.25) is 5.43 Å². The quantitative estimate of drug-likeness (QED) is 0.489. The lowest BCUT2D eigenvalue weighted by Crippen LogP contribution is -2.43. The molecule has 0 bridgehead atoms. The van der Waals surface area contributed by atoms with Gasteiger partial charge in [-0.1, -0.05) is 65.9 Å². The Morgan fingerprint density at radius 3 is 2.53 bits per heavy atom. The molecule has 5 rings (SSSR count). The highest BCUT2D eigenvalue weighted by Gasteiger charge is 2.22. The number of rotatable bonds is 5. The molecule has 7 nitrogen and oxygen atoms in total. The lowest BCUT2D eigenvalue weighted by molar-refractivity contribution is 0.0695. The predicted octanol–water partition coefficient (Wildman–Crippen LogP) is 3.28. The first-order valence-corrected chi connectivity index (χ1v) is 11.3. The molecular weight excluding hydrogens is 424 g/mol. The third-order valence-electron chi connectivity index (χ3n) is 5.66. The Bertz CT molecular complexity index is 1340. The first-order chi connectivity index (χ1) is 15.6. The number of carboxylic acid groups (broad SMARTS) is 1. The van der Waals surface area contributed by atoms with E-state index >= 15 is 0 Å². The van der Waals surface area contributed by atoms with Crippen molar-refractivity contribution in [2.45, 2.75) is 6.54 Å². The van der Waals surface area contributed by atoms with Crippen LogP contribution < -0.4 is 15.6 Å². The van der Waals surface area contributed by atoms with E-state index < -0.39 is 11.4 Å². The fourth-order valence-corrected chi connectivity index (χ4v) is 5.14. The smallest absolute Gasteiger partial charge is 0.341 e. The van der Waals surface area contributed by atoms with Crippen LogP contribution in [0.4, 0.5) is 5.13 Å². The second-order valence-electron chi connectivity index (χ2n) is 7.72. The number of hydrogen-bond donors (Lipinski definition) is 2. The van der Waals surface area contributed by atoms with Gasteiger partial charge in [-0.15, -0.1) is 0 Å². The number of carbonyl (C=O) groups is 1. The lowest BCUT2D eigenvalue weighted by atomic mass is 9.99. The van der Waals surface area contributed by atoms with E-state index in [0.29, 0.717) is 11.4 Å². The Hall–Kier alpha value is -3.49. The van der Waals surface area contributed by atoms with Gasteiger partial charge in [0.15, 0.2) is 5.13 Å². The zero-order valence-electron chi connectivity index (χ0n) is 17.3. The third kappa shape index (κ3) is 3.79. The van der Waals surface area contributed by atoms with Gasteiger partial charge in [0.25, 0.3) is 0 Å². The number of piperazine rings is 1. The molecule has 0 aliphatic carbocycles. The highest BCUT2D eigenvalue weighted by molar-refractivity contribution is 7.21. The molecule has 0 atom stereocenters. The fraction of sp³-hybridized carbons (Fsp3) is 0.208. The number of carboxylic acids is 1. The first-order valence-electron chi connectivity index (χ1n) is 10.5. The van der Waals surface area contributed by atoms with Crippen LogP contribution in [0.5, 0.6) is 0 Å². The van der Waals surface area contributed by atoms with Gasteiger partial charge in [0.1, 0.15) is 15.9 Å². The number of hydrogen-bond acceptors (Lipinski definition) is 6. The lowest BCUT2D eigenvalue weighted by Gasteiger charge is -2.26. The van der Waals surface area contributed by atoms with Crippen LogP contribution in [-0.2, 0) is 6.54 Å². The fourth-order valence-electron chi connectivity index (χ4n) is 4.05. The minimum atomic E-state index is -1.24. The maximum Gasteiger partial charge on any atom is 0.341 e. The van der Waals surface area contributed by atoms with Gasteiger partial charge in [-0.3, -0.25) is 4.79 Å². The molecule has 1 aliphatic rings. The summed E-state index contributed by atoms with van der Waals surface area (Å²) in [6.45, 7) is 3.74. The number of nitrogens with zero attached hydrogens (tertiary/aromatic N) is 3. The van der Waals surface area contributed by atoms with Crippen molar-refractivity contribution in [1.29, 1.82) is 0 Å². The largest absolute Gasteiger partial charge is 0.477 e. The summed E-state index contributed by atoms with van der Waals surface area (Å²) in [5.74, 6) is -1.24. The standard InChI is InChI=1S/C24H22N4O3S/c29-21-19(23(30)31)15-28(22-20(21)26-24(32-22)27-12-10-25-11-13-27)14-17-8-4-5-9-18(17)16-6-2-1-3-7-16/h1-9,15,25H,10-14H2,(H,30,31). The molecule has 2 N–H and O–H groups in total. The van der Waals surface area contributed by atoms with Gasteiger partial charge in [0, 0.05) is 38.9 Å². The summed E-state index contributed by atoms with van der Waals surface area (Å²) >= 11 is 1.44. The summed E-state index contributed by atoms with van der Waals surface area (Å²) in [7, 11) is 0. The molecule has 0 spiro atoms. The molecular formula is C24H22N4O3S. The van der Waals surface area contributed by atoms with Crippen molar-refractivity contribution in [1.82, 2.24) is 14.9 Å².